The number of hydrogen-bond acceptors (Lipinski definition) is 5. The molecule has 2 aromatic rings. The molecule has 0 radical (unpaired) electrons. The first-order valence-electron chi connectivity index (χ1n) is 11.2. The monoisotopic (exact) mass is 482 g/mol. The quantitative estimate of drug-likeness (QED) is 0.699. The molecule has 2 fully saturated rings. The van der Waals surface area contributed by atoms with Gasteiger partial charge in [0.15, 0.2) is 0 Å². The summed E-state index contributed by atoms with van der Waals surface area (Å²) in [6.45, 7) is 5.58. The molecule has 33 heavy (non-hydrogen) atoms. The van der Waals surface area contributed by atoms with Crippen LogP contribution >= 0.6 is 11.8 Å². The van der Waals surface area contributed by atoms with E-state index in [1.165, 1.54) is 0 Å². The molecule has 6 nitrogen and oxygen atoms in total. The van der Waals surface area contributed by atoms with Crippen LogP contribution in [0.25, 0.3) is 10.9 Å². The van der Waals surface area contributed by atoms with E-state index in [4.69, 9.17) is 0 Å². The van der Waals surface area contributed by atoms with Gasteiger partial charge < -0.3 is 9.88 Å². The number of alkyl halides is 3. The van der Waals surface area contributed by atoms with Crippen molar-refractivity contribution in [3.63, 3.8) is 0 Å². The van der Waals surface area contributed by atoms with Crippen molar-refractivity contribution in [3.05, 3.63) is 39.9 Å². The van der Waals surface area contributed by atoms with Gasteiger partial charge in [-0.1, -0.05) is 6.92 Å². The Balaban J connectivity index is 1.56. The minimum atomic E-state index is -4.49. The van der Waals surface area contributed by atoms with E-state index in [0.717, 1.165) is 34.8 Å². The van der Waals surface area contributed by atoms with Crippen molar-refractivity contribution >= 4 is 28.6 Å². The molecule has 4 rings (SSSR count). The number of fused-ring (bicyclic) bond motifs is 1. The molecular formula is C23H29F3N4O2S. The molecule has 6 atom stereocenters. The minimum Gasteiger partial charge on any atom is -0.352 e. The van der Waals surface area contributed by atoms with E-state index in [1.807, 2.05) is 19.1 Å². The lowest BCUT2D eigenvalue weighted by Crippen LogP contribution is -2.52. The van der Waals surface area contributed by atoms with E-state index in [0.29, 0.717) is 18.4 Å². The molecule has 10 heteroatoms. The minimum absolute atomic E-state index is 0.0848. The summed E-state index contributed by atoms with van der Waals surface area (Å²) in [6.07, 6.45) is -0.770. The largest absolute Gasteiger partial charge is 0.405 e. The van der Waals surface area contributed by atoms with E-state index in [2.05, 4.69) is 22.5 Å². The average Bonchev–Trinajstić information content (AvgIpc) is 3.15. The van der Waals surface area contributed by atoms with Crippen molar-refractivity contribution in [1.82, 2.24) is 20.2 Å². The molecular weight excluding hydrogens is 453 g/mol. The van der Waals surface area contributed by atoms with E-state index in [-0.39, 0.29) is 23.4 Å². The van der Waals surface area contributed by atoms with Gasteiger partial charge in [0.1, 0.15) is 11.3 Å². The fraction of sp³-hybridized carbons (Fsp3) is 0.609. The number of pyridine rings is 2. The summed E-state index contributed by atoms with van der Waals surface area (Å²) in [7, 11) is 1.74. The molecule has 3 heterocycles. The summed E-state index contributed by atoms with van der Waals surface area (Å²) >= 11 is 0.998. The second kappa shape index (κ2) is 8.94. The second-order valence-electron chi connectivity index (χ2n) is 9.34. The number of hydrogen-bond donors (Lipinski definition) is 2. The zero-order valence-electron chi connectivity index (χ0n) is 19.1. The predicted octanol–water partition coefficient (Wildman–Crippen LogP) is 3.61. The van der Waals surface area contributed by atoms with Crippen LogP contribution in [0.2, 0.25) is 0 Å². The molecule has 0 aromatic carbocycles. The van der Waals surface area contributed by atoms with Gasteiger partial charge in [0.2, 0.25) is 5.91 Å². The van der Waals surface area contributed by atoms with Gasteiger partial charge in [0.05, 0.1) is 10.9 Å². The van der Waals surface area contributed by atoms with Crippen LogP contribution in [0.15, 0.2) is 23.1 Å². The van der Waals surface area contributed by atoms with Gasteiger partial charge in [-0.3, -0.25) is 19.9 Å². The Morgan fingerprint density at radius 1 is 1.27 bits per heavy atom. The normalized spacial score (nSPS) is 30.5. The number of carbonyl (C=O) groups is 1. The van der Waals surface area contributed by atoms with Crippen LogP contribution < -0.4 is 16.2 Å². The van der Waals surface area contributed by atoms with Crippen molar-refractivity contribution in [1.29, 1.82) is 0 Å². The molecule has 1 saturated carbocycles. The van der Waals surface area contributed by atoms with Gasteiger partial charge in [0.25, 0.3) is 5.56 Å². The van der Waals surface area contributed by atoms with Crippen LogP contribution in [0, 0.1) is 12.8 Å². The number of nitrogens with zero attached hydrogens (tertiary/aromatic N) is 2. The van der Waals surface area contributed by atoms with Gasteiger partial charge in [-0.05, 0) is 57.1 Å². The average molecular weight is 483 g/mol. The van der Waals surface area contributed by atoms with Crippen molar-refractivity contribution in [3.8, 4) is 0 Å². The highest BCUT2D eigenvalue weighted by atomic mass is 32.2. The summed E-state index contributed by atoms with van der Waals surface area (Å²) < 4.78 is 41.8. The van der Waals surface area contributed by atoms with Crippen molar-refractivity contribution in [2.45, 2.75) is 74.8 Å². The smallest absolute Gasteiger partial charge is 0.352 e. The van der Waals surface area contributed by atoms with Gasteiger partial charge in [-0.15, -0.1) is 11.8 Å². The zero-order chi connectivity index (χ0) is 24.1. The maximum atomic E-state index is 13.4. The van der Waals surface area contributed by atoms with Gasteiger partial charge in [-0.25, -0.2) is 0 Å². The van der Waals surface area contributed by atoms with E-state index < -0.39 is 28.7 Å². The topological polar surface area (TPSA) is 76.0 Å². The van der Waals surface area contributed by atoms with Gasteiger partial charge in [0, 0.05) is 35.9 Å². The summed E-state index contributed by atoms with van der Waals surface area (Å²) in [5, 5.41) is 4.52. The van der Waals surface area contributed by atoms with Gasteiger partial charge >= 0.3 is 6.18 Å². The summed E-state index contributed by atoms with van der Waals surface area (Å²) in [5.41, 5.74) is 2.21. The maximum Gasteiger partial charge on any atom is 0.405 e. The molecule has 2 N–H and O–H groups in total. The highest BCUT2D eigenvalue weighted by Gasteiger charge is 2.52. The number of halogens is 3. The predicted molar refractivity (Wildman–Crippen MR) is 123 cm³/mol. The van der Waals surface area contributed by atoms with Crippen LogP contribution in [0.4, 0.5) is 13.2 Å². The lowest BCUT2D eigenvalue weighted by molar-refractivity contribution is -0.158. The Morgan fingerprint density at radius 3 is 2.70 bits per heavy atom. The number of aromatic nitrogens is 2. The molecule has 1 amide bonds. The summed E-state index contributed by atoms with van der Waals surface area (Å²) in [5.74, 6) is -0.476. The SMILES string of the molecule is Cc1cc2c(cn1)cc(C1CC(NC(=O)C3SC(C)NC3C(F)(F)F)CCC1C)c(=O)n2C. The van der Waals surface area contributed by atoms with Crippen LogP contribution in [-0.4, -0.2) is 44.3 Å². The summed E-state index contributed by atoms with van der Waals surface area (Å²) in [4.78, 5) is 30.3. The molecule has 2 aromatic heterocycles. The highest BCUT2D eigenvalue weighted by Crippen LogP contribution is 2.39. The first kappa shape index (κ1) is 24.1. The Kier molecular flexibility index (Phi) is 6.52. The lowest BCUT2D eigenvalue weighted by Gasteiger charge is -2.35. The molecule has 6 unspecified atom stereocenters. The van der Waals surface area contributed by atoms with E-state index in [9.17, 15) is 22.8 Å². The molecule has 1 saturated heterocycles. The first-order chi connectivity index (χ1) is 15.5. The first-order valence-corrected chi connectivity index (χ1v) is 12.1. The number of thioether (sulfide) groups is 1. The van der Waals surface area contributed by atoms with Crippen molar-refractivity contribution < 1.29 is 18.0 Å². The van der Waals surface area contributed by atoms with Crippen LogP contribution in [0.3, 0.4) is 0 Å². The van der Waals surface area contributed by atoms with E-state index >= 15 is 0 Å². The fourth-order valence-corrected chi connectivity index (χ4v) is 6.33. The number of amides is 1. The Morgan fingerprint density at radius 2 is 2.00 bits per heavy atom. The van der Waals surface area contributed by atoms with Crippen molar-refractivity contribution in [2.24, 2.45) is 13.0 Å². The van der Waals surface area contributed by atoms with Crippen LogP contribution in [0.1, 0.15) is 50.3 Å². The third kappa shape index (κ3) is 4.77. The molecule has 0 spiro atoms. The standard InChI is InChI=1S/C23H29F3N4O2S/c1-11-5-6-15(29-21(31)19-20(23(24,25)26)28-13(3)33-19)9-16(11)17-8-14-10-27-12(2)7-18(14)30(4)22(17)32/h7-8,10-11,13,15-16,19-20,28H,5-6,9H2,1-4H3,(H,29,31). The Labute approximate surface area is 194 Å². The Bertz CT molecular complexity index is 1120. The third-order valence-corrected chi connectivity index (χ3v) is 8.22. The highest BCUT2D eigenvalue weighted by molar-refractivity contribution is 8.01. The van der Waals surface area contributed by atoms with Crippen LogP contribution in [0.5, 0.6) is 0 Å². The lowest BCUT2D eigenvalue weighted by atomic mass is 9.74. The van der Waals surface area contributed by atoms with Crippen molar-refractivity contribution in [2.75, 3.05) is 0 Å². The molecule has 0 bridgehead atoms. The second-order valence-corrected chi connectivity index (χ2v) is 10.8. The number of aryl methyl sites for hydroxylation is 2. The number of rotatable bonds is 3. The summed E-state index contributed by atoms with van der Waals surface area (Å²) in [6, 6.07) is 1.62. The van der Waals surface area contributed by atoms with E-state index in [1.54, 1.807) is 24.7 Å². The fourth-order valence-electron chi connectivity index (χ4n) is 5.08. The third-order valence-electron chi connectivity index (χ3n) is 6.89. The van der Waals surface area contributed by atoms with Crippen LogP contribution in [-0.2, 0) is 11.8 Å². The molecule has 180 valence electrons. The number of nitrogens with one attached hydrogen (secondary N) is 2. The zero-order valence-corrected chi connectivity index (χ0v) is 19.9. The molecule has 2 aliphatic rings. The number of carbonyl (C=O) groups excluding carboxylic acids is 1. The maximum absolute atomic E-state index is 13.4. The molecule has 1 aliphatic heterocycles. The van der Waals surface area contributed by atoms with Gasteiger partial charge in [-0.2, -0.15) is 13.2 Å². The Hall–Kier alpha value is -2.07. The molecule has 1 aliphatic carbocycles.